The standard InChI is InChI=1S/C11H15BrO2S/c1-4-11(2,14-3)9(13)7-8-5-6-10(12)15-8/h5-6H,4,7H2,1-3H3. The molecule has 1 aromatic heterocycles. The maximum atomic E-state index is 12.0. The first-order valence-electron chi connectivity index (χ1n) is 4.84. The summed E-state index contributed by atoms with van der Waals surface area (Å²) in [5.74, 6) is 0.141. The second-order valence-corrected chi connectivity index (χ2v) is 6.14. The van der Waals surface area contributed by atoms with E-state index in [-0.39, 0.29) is 5.78 Å². The van der Waals surface area contributed by atoms with Gasteiger partial charge < -0.3 is 4.74 Å². The Bertz CT molecular complexity index is 342. The van der Waals surface area contributed by atoms with Crippen molar-refractivity contribution in [3.05, 3.63) is 20.8 Å². The van der Waals surface area contributed by atoms with Crippen LogP contribution < -0.4 is 0 Å². The molecule has 0 saturated carbocycles. The molecule has 0 amide bonds. The molecular formula is C11H15BrO2S. The molecule has 0 fully saturated rings. The van der Waals surface area contributed by atoms with Crippen LogP contribution in [0.5, 0.6) is 0 Å². The molecule has 0 N–H and O–H groups in total. The van der Waals surface area contributed by atoms with Crippen LogP contribution in [-0.4, -0.2) is 18.5 Å². The molecule has 0 bridgehead atoms. The Kier molecular flexibility index (Phi) is 4.49. The van der Waals surface area contributed by atoms with Crippen molar-refractivity contribution in [1.29, 1.82) is 0 Å². The van der Waals surface area contributed by atoms with Crippen LogP contribution in [0.4, 0.5) is 0 Å². The Morgan fingerprint density at radius 1 is 1.60 bits per heavy atom. The molecule has 1 aromatic rings. The van der Waals surface area contributed by atoms with Crippen LogP contribution in [0.2, 0.25) is 0 Å². The van der Waals surface area contributed by atoms with Crippen molar-refractivity contribution in [2.45, 2.75) is 32.3 Å². The molecule has 0 aliphatic heterocycles. The Balaban J connectivity index is 2.70. The van der Waals surface area contributed by atoms with E-state index in [9.17, 15) is 4.79 Å². The molecule has 0 saturated heterocycles. The zero-order chi connectivity index (χ0) is 11.5. The molecule has 2 nitrogen and oxygen atoms in total. The average Bonchev–Trinajstić information content (AvgIpc) is 2.62. The van der Waals surface area contributed by atoms with Gasteiger partial charge in [0.1, 0.15) is 5.60 Å². The summed E-state index contributed by atoms with van der Waals surface area (Å²) < 4.78 is 6.33. The third-order valence-electron chi connectivity index (χ3n) is 2.68. The molecular weight excluding hydrogens is 276 g/mol. The summed E-state index contributed by atoms with van der Waals surface area (Å²) in [7, 11) is 1.59. The zero-order valence-corrected chi connectivity index (χ0v) is 11.6. The summed E-state index contributed by atoms with van der Waals surface area (Å²) in [5, 5.41) is 0. The van der Waals surface area contributed by atoms with E-state index in [0.717, 1.165) is 8.66 Å². The highest BCUT2D eigenvalue weighted by molar-refractivity contribution is 9.11. The van der Waals surface area contributed by atoms with Crippen molar-refractivity contribution >= 4 is 33.0 Å². The van der Waals surface area contributed by atoms with Crippen LogP contribution in [0.1, 0.15) is 25.1 Å². The number of thiophene rings is 1. The number of carbonyl (C=O) groups excluding carboxylic acids is 1. The van der Waals surface area contributed by atoms with Gasteiger partial charge in [-0.15, -0.1) is 11.3 Å². The number of methoxy groups -OCH3 is 1. The predicted octanol–water partition coefficient (Wildman–Crippen LogP) is 3.44. The zero-order valence-electron chi connectivity index (χ0n) is 9.17. The molecule has 1 unspecified atom stereocenters. The third-order valence-corrected chi connectivity index (χ3v) is 4.30. The summed E-state index contributed by atoms with van der Waals surface area (Å²) in [6, 6.07) is 3.93. The molecule has 0 spiro atoms. The fraction of sp³-hybridized carbons (Fsp3) is 0.545. The van der Waals surface area contributed by atoms with Crippen LogP contribution in [0.25, 0.3) is 0 Å². The first-order chi connectivity index (χ1) is 7.01. The summed E-state index contributed by atoms with van der Waals surface area (Å²) in [5.41, 5.74) is -0.642. The van der Waals surface area contributed by atoms with E-state index in [2.05, 4.69) is 15.9 Å². The van der Waals surface area contributed by atoms with Crippen molar-refractivity contribution in [2.24, 2.45) is 0 Å². The van der Waals surface area contributed by atoms with E-state index in [0.29, 0.717) is 12.8 Å². The highest BCUT2D eigenvalue weighted by Crippen LogP contribution is 2.25. The molecule has 0 aliphatic rings. The molecule has 1 rings (SSSR count). The van der Waals surface area contributed by atoms with Gasteiger partial charge in [-0.1, -0.05) is 6.92 Å². The molecule has 15 heavy (non-hydrogen) atoms. The number of carbonyl (C=O) groups is 1. The Morgan fingerprint density at radius 2 is 2.27 bits per heavy atom. The van der Waals surface area contributed by atoms with Crippen LogP contribution in [0.15, 0.2) is 15.9 Å². The quantitative estimate of drug-likeness (QED) is 0.830. The fourth-order valence-corrected chi connectivity index (χ4v) is 2.73. The van der Waals surface area contributed by atoms with Gasteiger partial charge in [-0.25, -0.2) is 0 Å². The van der Waals surface area contributed by atoms with Crippen LogP contribution in [0, 0.1) is 0 Å². The maximum absolute atomic E-state index is 12.0. The van der Waals surface area contributed by atoms with E-state index in [1.165, 1.54) is 0 Å². The summed E-state index contributed by atoms with van der Waals surface area (Å²) >= 11 is 4.98. The minimum Gasteiger partial charge on any atom is -0.371 e. The van der Waals surface area contributed by atoms with Crippen molar-refractivity contribution in [3.8, 4) is 0 Å². The van der Waals surface area contributed by atoms with Gasteiger partial charge in [0.15, 0.2) is 5.78 Å². The van der Waals surface area contributed by atoms with Gasteiger partial charge >= 0.3 is 0 Å². The van der Waals surface area contributed by atoms with Gasteiger partial charge in [0.25, 0.3) is 0 Å². The van der Waals surface area contributed by atoms with Crippen molar-refractivity contribution in [3.63, 3.8) is 0 Å². The van der Waals surface area contributed by atoms with Crippen LogP contribution >= 0.6 is 27.3 Å². The minimum atomic E-state index is -0.642. The van der Waals surface area contributed by atoms with Crippen LogP contribution in [-0.2, 0) is 16.0 Å². The number of rotatable bonds is 5. The largest absolute Gasteiger partial charge is 0.371 e. The number of halogens is 1. The number of hydrogen-bond donors (Lipinski definition) is 0. The van der Waals surface area contributed by atoms with E-state index < -0.39 is 5.60 Å². The normalized spacial score (nSPS) is 14.9. The van der Waals surface area contributed by atoms with E-state index in [4.69, 9.17) is 4.74 Å². The van der Waals surface area contributed by atoms with Gasteiger partial charge in [0.05, 0.1) is 3.79 Å². The first-order valence-corrected chi connectivity index (χ1v) is 6.45. The SMILES string of the molecule is CCC(C)(OC)C(=O)Cc1ccc(Br)s1. The van der Waals surface area contributed by atoms with Crippen molar-refractivity contribution < 1.29 is 9.53 Å². The van der Waals surface area contributed by atoms with E-state index in [1.54, 1.807) is 18.4 Å². The predicted molar refractivity (Wildman–Crippen MR) is 66.4 cm³/mol. The highest BCUT2D eigenvalue weighted by Gasteiger charge is 2.30. The lowest BCUT2D eigenvalue weighted by Gasteiger charge is -2.24. The number of hydrogen-bond acceptors (Lipinski definition) is 3. The lowest BCUT2D eigenvalue weighted by Crippen LogP contribution is -2.37. The second-order valence-electron chi connectivity index (χ2n) is 3.59. The van der Waals surface area contributed by atoms with Crippen molar-refractivity contribution in [1.82, 2.24) is 0 Å². The summed E-state index contributed by atoms with van der Waals surface area (Å²) in [6.07, 6.45) is 1.16. The summed E-state index contributed by atoms with van der Waals surface area (Å²) in [4.78, 5) is 13.0. The third kappa shape index (κ3) is 3.13. The Labute approximate surface area is 103 Å². The Morgan fingerprint density at radius 3 is 2.67 bits per heavy atom. The molecule has 1 heterocycles. The van der Waals surface area contributed by atoms with Crippen molar-refractivity contribution in [2.75, 3.05) is 7.11 Å². The maximum Gasteiger partial charge on any atom is 0.169 e. The van der Waals surface area contributed by atoms with Gasteiger partial charge in [-0.2, -0.15) is 0 Å². The first kappa shape index (κ1) is 12.9. The van der Waals surface area contributed by atoms with Crippen LogP contribution in [0.3, 0.4) is 0 Å². The van der Waals surface area contributed by atoms with E-state index in [1.807, 2.05) is 26.0 Å². The monoisotopic (exact) mass is 290 g/mol. The number of Topliss-reactive ketones (excluding diaryl/α,β-unsaturated/α-hetero) is 1. The van der Waals surface area contributed by atoms with Gasteiger partial charge in [0.2, 0.25) is 0 Å². The lowest BCUT2D eigenvalue weighted by atomic mass is 9.95. The summed E-state index contributed by atoms with van der Waals surface area (Å²) in [6.45, 7) is 3.81. The molecule has 84 valence electrons. The molecule has 0 aromatic carbocycles. The van der Waals surface area contributed by atoms with E-state index >= 15 is 0 Å². The van der Waals surface area contributed by atoms with Gasteiger partial charge in [-0.3, -0.25) is 4.79 Å². The highest BCUT2D eigenvalue weighted by atomic mass is 79.9. The topological polar surface area (TPSA) is 26.3 Å². The lowest BCUT2D eigenvalue weighted by molar-refractivity contribution is -0.138. The fourth-order valence-electron chi connectivity index (χ4n) is 1.25. The number of ether oxygens (including phenoxy) is 1. The average molecular weight is 291 g/mol. The second kappa shape index (κ2) is 5.23. The minimum absolute atomic E-state index is 0.141. The number of ketones is 1. The Hall–Kier alpha value is -0.190. The molecule has 1 atom stereocenters. The molecule has 4 heteroatoms. The molecule has 0 radical (unpaired) electrons. The van der Waals surface area contributed by atoms with Gasteiger partial charge in [-0.05, 0) is 41.4 Å². The van der Waals surface area contributed by atoms with Gasteiger partial charge in [0, 0.05) is 18.4 Å². The molecule has 0 aliphatic carbocycles. The smallest absolute Gasteiger partial charge is 0.169 e.